The van der Waals surface area contributed by atoms with Gasteiger partial charge in [0.2, 0.25) is 0 Å². The van der Waals surface area contributed by atoms with Crippen LogP contribution in [0.5, 0.6) is 5.75 Å². The molecule has 2 nitrogen and oxygen atoms in total. The van der Waals surface area contributed by atoms with Gasteiger partial charge in [-0.2, -0.15) is 4.89 Å². The second-order valence-electron chi connectivity index (χ2n) is 3.85. The van der Waals surface area contributed by atoms with Crippen molar-refractivity contribution >= 4 is 22.6 Å². The van der Waals surface area contributed by atoms with Gasteiger partial charge in [-0.05, 0) is 55.5 Å². The van der Waals surface area contributed by atoms with Gasteiger partial charge in [-0.25, -0.2) is 4.39 Å². The molecule has 0 radical (unpaired) electrons. The first-order valence-corrected chi connectivity index (χ1v) is 5.27. The van der Waals surface area contributed by atoms with E-state index in [-0.39, 0.29) is 5.82 Å². The zero-order valence-corrected chi connectivity index (χ0v) is 10.5. The molecular weight excluding hydrogens is 298 g/mol. The minimum atomic E-state index is -0.407. The van der Waals surface area contributed by atoms with Gasteiger partial charge in [0.1, 0.15) is 11.4 Å². The number of rotatable bonds is 2. The van der Waals surface area contributed by atoms with Crippen molar-refractivity contribution in [3.05, 3.63) is 27.6 Å². The Kier molecular flexibility index (Phi) is 3.71. The van der Waals surface area contributed by atoms with E-state index < -0.39 is 5.60 Å². The number of halogens is 2. The molecule has 0 atom stereocenters. The topological polar surface area (TPSA) is 18.5 Å². The average Bonchev–Trinajstić information content (AvgIpc) is 2.05. The molecule has 0 aromatic heterocycles. The maximum absolute atomic E-state index is 12.8. The van der Waals surface area contributed by atoms with Crippen LogP contribution < -0.4 is 4.89 Å². The Morgan fingerprint density at radius 3 is 2.50 bits per heavy atom. The van der Waals surface area contributed by atoms with Crippen molar-refractivity contribution in [3.63, 3.8) is 0 Å². The van der Waals surface area contributed by atoms with Crippen molar-refractivity contribution in [3.8, 4) is 5.75 Å². The summed E-state index contributed by atoms with van der Waals surface area (Å²) in [5, 5.41) is 0. The molecule has 1 rings (SSSR count). The van der Waals surface area contributed by atoms with Crippen LogP contribution in [0.3, 0.4) is 0 Å². The van der Waals surface area contributed by atoms with Gasteiger partial charge >= 0.3 is 0 Å². The maximum atomic E-state index is 12.8. The fraction of sp³-hybridized carbons (Fsp3) is 0.400. The van der Waals surface area contributed by atoms with Crippen LogP contribution in [0.25, 0.3) is 0 Å². The van der Waals surface area contributed by atoms with Gasteiger partial charge in [0, 0.05) is 6.07 Å². The number of hydrogen-bond acceptors (Lipinski definition) is 2. The van der Waals surface area contributed by atoms with Gasteiger partial charge in [0.15, 0.2) is 5.75 Å². The second-order valence-corrected chi connectivity index (χ2v) is 5.02. The normalized spacial score (nSPS) is 11.5. The van der Waals surface area contributed by atoms with E-state index in [2.05, 4.69) is 22.6 Å². The first-order chi connectivity index (χ1) is 6.38. The van der Waals surface area contributed by atoms with Gasteiger partial charge < -0.3 is 4.89 Å². The molecule has 0 amide bonds. The summed E-state index contributed by atoms with van der Waals surface area (Å²) in [7, 11) is 0. The third-order valence-electron chi connectivity index (χ3n) is 1.27. The molecule has 0 unspecified atom stereocenters. The van der Waals surface area contributed by atoms with E-state index >= 15 is 0 Å². The highest BCUT2D eigenvalue weighted by molar-refractivity contribution is 14.1. The predicted molar refractivity (Wildman–Crippen MR) is 60.6 cm³/mol. The minimum absolute atomic E-state index is 0.335. The van der Waals surface area contributed by atoms with Gasteiger partial charge in [-0.3, -0.25) is 0 Å². The molecule has 0 spiro atoms. The SMILES string of the molecule is CC(C)(C)OOc1cc(F)ccc1I. The van der Waals surface area contributed by atoms with E-state index in [1.807, 2.05) is 20.8 Å². The lowest BCUT2D eigenvalue weighted by Crippen LogP contribution is -2.21. The number of hydrogen-bond donors (Lipinski definition) is 0. The highest BCUT2D eigenvalue weighted by Gasteiger charge is 2.14. The van der Waals surface area contributed by atoms with Crippen molar-refractivity contribution in [2.75, 3.05) is 0 Å². The smallest absolute Gasteiger partial charge is 0.181 e. The summed E-state index contributed by atoms with van der Waals surface area (Å²) in [6.07, 6.45) is 0. The molecule has 14 heavy (non-hydrogen) atoms. The van der Waals surface area contributed by atoms with Gasteiger partial charge in [0.25, 0.3) is 0 Å². The molecule has 0 heterocycles. The summed E-state index contributed by atoms with van der Waals surface area (Å²) >= 11 is 2.06. The highest BCUT2D eigenvalue weighted by atomic mass is 127. The van der Waals surface area contributed by atoms with Crippen LogP contribution in [0.2, 0.25) is 0 Å². The van der Waals surface area contributed by atoms with E-state index in [0.717, 1.165) is 3.57 Å². The Balaban J connectivity index is 2.72. The molecule has 78 valence electrons. The van der Waals surface area contributed by atoms with Crippen molar-refractivity contribution in [2.24, 2.45) is 0 Å². The lowest BCUT2D eigenvalue weighted by molar-refractivity contribution is -0.275. The maximum Gasteiger partial charge on any atom is 0.181 e. The molecule has 0 saturated heterocycles. The molecule has 1 aromatic carbocycles. The zero-order valence-electron chi connectivity index (χ0n) is 8.30. The largest absolute Gasteiger partial charge is 0.336 e. The molecule has 0 saturated carbocycles. The van der Waals surface area contributed by atoms with Crippen molar-refractivity contribution < 1.29 is 14.2 Å². The van der Waals surface area contributed by atoms with Crippen LogP contribution in [-0.2, 0) is 4.89 Å². The molecule has 0 aliphatic carbocycles. The van der Waals surface area contributed by atoms with Crippen molar-refractivity contribution in [2.45, 2.75) is 26.4 Å². The monoisotopic (exact) mass is 310 g/mol. The standard InChI is InChI=1S/C10H12FIO2/c1-10(2,3)14-13-9-6-7(11)4-5-8(9)12/h4-6H,1-3H3. The number of benzene rings is 1. The lowest BCUT2D eigenvalue weighted by atomic mass is 10.2. The van der Waals surface area contributed by atoms with Crippen LogP contribution in [-0.4, -0.2) is 5.60 Å². The van der Waals surface area contributed by atoms with Crippen molar-refractivity contribution in [1.29, 1.82) is 0 Å². The summed E-state index contributed by atoms with van der Waals surface area (Å²) < 4.78 is 13.6. The second kappa shape index (κ2) is 4.44. The highest BCUT2D eigenvalue weighted by Crippen LogP contribution is 2.23. The molecular formula is C10H12FIO2. The van der Waals surface area contributed by atoms with Crippen LogP contribution in [0.4, 0.5) is 4.39 Å². The predicted octanol–water partition coefficient (Wildman–Crippen LogP) is 3.54. The first-order valence-electron chi connectivity index (χ1n) is 4.19. The Hall–Kier alpha value is -0.360. The zero-order chi connectivity index (χ0) is 10.8. The summed E-state index contributed by atoms with van der Waals surface area (Å²) in [6.45, 7) is 5.58. The molecule has 4 heteroatoms. The van der Waals surface area contributed by atoms with E-state index in [1.54, 1.807) is 6.07 Å². The van der Waals surface area contributed by atoms with Crippen molar-refractivity contribution in [1.82, 2.24) is 0 Å². The average molecular weight is 310 g/mol. The van der Waals surface area contributed by atoms with E-state index in [9.17, 15) is 4.39 Å². The van der Waals surface area contributed by atoms with Crippen LogP contribution in [0.15, 0.2) is 18.2 Å². The summed E-state index contributed by atoms with van der Waals surface area (Å²) in [6, 6.07) is 4.32. The Labute approximate surface area is 96.5 Å². The first kappa shape index (κ1) is 11.7. The summed E-state index contributed by atoms with van der Waals surface area (Å²) in [4.78, 5) is 10.1. The molecule has 0 bridgehead atoms. The Morgan fingerprint density at radius 2 is 1.93 bits per heavy atom. The van der Waals surface area contributed by atoms with E-state index in [1.165, 1.54) is 12.1 Å². The lowest BCUT2D eigenvalue weighted by Gasteiger charge is -2.18. The van der Waals surface area contributed by atoms with Crippen LogP contribution >= 0.6 is 22.6 Å². The van der Waals surface area contributed by atoms with Crippen LogP contribution in [0, 0.1) is 9.39 Å². The van der Waals surface area contributed by atoms with Gasteiger partial charge in [0.05, 0.1) is 3.57 Å². The fourth-order valence-electron chi connectivity index (χ4n) is 0.711. The van der Waals surface area contributed by atoms with Crippen LogP contribution in [0.1, 0.15) is 20.8 Å². The molecule has 1 aromatic rings. The summed E-state index contributed by atoms with van der Waals surface area (Å²) in [5.74, 6) is 0.0680. The van der Waals surface area contributed by atoms with Gasteiger partial charge in [-0.1, -0.05) is 0 Å². The quantitative estimate of drug-likeness (QED) is 0.472. The van der Waals surface area contributed by atoms with E-state index in [0.29, 0.717) is 5.75 Å². The molecule has 0 aliphatic rings. The fourth-order valence-corrected chi connectivity index (χ4v) is 1.14. The van der Waals surface area contributed by atoms with E-state index in [4.69, 9.17) is 9.78 Å². The Morgan fingerprint density at radius 1 is 1.29 bits per heavy atom. The van der Waals surface area contributed by atoms with Gasteiger partial charge in [-0.15, -0.1) is 0 Å². The molecule has 0 N–H and O–H groups in total. The third-order valence-corrected chi connectivity index (χ3v) is 2.17. The summed E-state index contributed by atoms with van der Waals surface area (Å²) in [5.41, 5.74) is -0.407. The minimum Gasteiger partial charge on any atom is -0.336 e. The molecule has 0 aliphatic heterocycles. The third kappa shape index (κ3) is 3.79. The molecule has 0 fully saturated rings. The Bertz CT molecular complexity index is 320.